The Morgan fingerprint density at radius 1 is 1.17 bits per heavy atom. The van der Waals surface area contributed by atoms with E-state index >= 15 is 0 Å². The summed E-state index contributed by atoms with van der Waals surface area (Å²) >= 11 is 0. The van der Waals surface area contributed by atoms with Gasteiger partial charge in [-0.1, -0.05) is 19.9 Å². The van der Waals surface area contributed by atoms with E-state index in [1.165, 1.54) is 12.1 Å². The van der Waals surface area contributed by atoms with Crippen molar-refractivity contribution in [3.8, 4) is 0 Å². The Morgan fingerprint density at radius 2 is 1.94 bits per heavy atom. The molecule has 0 radical (unpaired) electrons. The molecule has 102 valence electrons. The van der Waals surface area contributed by atoms with Gasteiger partial charge in [0.15, 0.2) is 0 Å². The van der Waals surface area contributed by atoms with Crippen LogP contribution in [0.2, 0.25) is 0 Å². The van der Waals surface area contributed by atoms with Crippen LogP contribution in [0.4, 0.5) is 8.78 Å². The second kappa shape index (κ2) is 8.16. The molecule has 0 fully saturated rings. The molecule has 0 aliphatic carbocycles. The monoisotopic (exact) mass is 256 g/mol. The highest BCUT2D eigenvalue weighted by Crippen LogP contribution is 2.08. The fourth-order valence-corrected chi connectivity index (χ4v) is 1.87. The molecule has 0 unspecified atom stereocenters. The zero-order valence-corrected chi connectivity index (χ0v) is 11.2. The zero-order valence-electron chi connectivity index (χ0n) is 11.2. The summed E-state index contributed by atoms with van der Waals surface area (Å²) in [6.07, 6.45) is 1.14. The van der Waals surface area contributed by atoms with Crippen LogP contribution in [-0.4, -0.2) is 31.1 Å². The van der Waals surface area contributed by atoms with Gasteiger partial charge in [-0.05, 0) is 25.6 Å². The minimum Gasteiger partial charge on any atom is -0.311 e. The fraction of sp³-hybridized carbons (Fsp3) is 0.571. The minimum absolute atomic E-state index is 0.440. The normalized spacial score (nSPS) is 11.2. The molecule has 0 aromatic heterocycles. The zero-order chi connectivity index (χ0) is 13.4. The van der Waals surface area contributed by atoms with E-state index < -0.39 is 11.6 Å². The number of rotatable bonds is 8. The van der Waals surface area contributed by atoms with Gasteiger partial charge in [-0.3, -0.25) is 0 Å². The van der Waals surface area contributed by atoms with Crippen molar-refractivity contribution in [2.24, 2.45) is 0 Å². The highest BCUT2D eigenvalue weighted by Gasteiger charge is 2.04. The lowest BCUT2D eigenvalue weighted by molar-refractivity contribution is 0.287. The Morgan fingerprint density at radius 3 is 2.56 bits per heavy atom. The lowest BCUT2D eigenvalue weighted by Crippen LogP contribution is -2.32. The molecule has 1 N–H and O–H groups in total. The van der Waals surface area contributed by atoms with Crippen molar-refractivity contribution >= 4 is 0 Å². The molecule has 18 heavy (non-hydrogen) atoms. The van der Waals surface area contributed by atoms with Crippen LogP contribution >= 0.6 is 0 Å². The third-order valence-electron chi connectivity index (χ3n) is 2.92. The van der Waals surface area contributed by atoms with Gasteiger partial charge in [0.1, 0.15) is 11.6 Å². The number of likely N-dealkylation sites (N-methyl/N-ethyl adjacent to an activating group) is 1. The van der Waals surface area contributed by atoms with Crippen LogP contribution in [0.25, 0.3) is 0 Å². The topological polar surface area (TPSA) is 15.3 Å². The molecule has 0 spiro atoms. The van der Waals surface area contributed by atoms with Gasteiger partial charge in [0, 0.05) is 31.3 Å². The fourth-order valence-electron chi connectivity index (χ4n) is 1.87. The van der Waals surface area contributed by atoms with Gasteiger partial charge in [0.25, 0.3) is 0 Å². The van der Waals surface area contributed by atoms with Crippen LogP contribution in [0, 0.1) is 11.6 Å². The predicted octanol–water partition coefficient (Wildman–Crippen LogP) is 2.79. The molecule has 0 heterocycles. The lowest BCUT2D eigenvalue weighted by Gasteiger charge is -2.19. The van der Waals surface area contributed by atoms with E-state index in [9.17, 15) is 8.78 Å². The molecule has 0 aliphatic heterocycles. The van der Waals surface area contributed by atoms with Crippen LogP contribution in [0.15, 0.2) is 18.2 Å². The summed E-state index contributed by atoms with van der Waals surface area (Å²) < 4.78 is 26.0. The Bertz CT molecular complexity index is 356. The third kappa shape index (κ3) is 5.10. The van der Waals surface area contributed by atoms with Crippen LogP contribution in [-0.2, 0) is 6.54 Å². The summed E-state index contributed by atoms with van der Waals surface area (Å²) in [5.41, 5.74) is 0.509. The van der Waals surface area contributed by atoms with Crippen molar-refractivity contribution in [1.82, 2.24) is 10.2 Å². The molecule has 1 aromatic carbocycles. The van der Waals surface area contributed by atoms with E-state index in [2.05, 4.69) is 24.1 Å². The molecular weight excluding hydrogens is 234 g/mol. The number of halogens is 2. The average molecular weight is 256 g/mol. The van der Waals surface area contributed by atoms with Crippen LogP contribution in [0.3, 0.4) is 0 Å². The molecule has 0 amide bonds. The predicted molar refractivity (Wildman–Crippen MR) is 70.5 cm³/mol. The first kappa shape index (κ1) is 15.1. The van der Waals surface area contributed by atoms with E-state index in [0.29, 0.717) is 12.1 Å². The van der Waals surface area contributed by atoms with Gasteiger partial charge in [0.05, 0.1) is 0 Å². The van der Waals surface area contributed by atoms with Gasteiger partial charge in [-0.15, -0.1) is 0 Å². The Kier molecular flexibility index (Phi) is 6.83. The minimum atomic E-state index is -0.531. The first-order valence-electron chi connectivity index (χ1n) is 6.54. The number of nitrogens with zero attached hydrogens (tertiary/aromatic N) is 1. The van der Waals surface area contributed by atoms with Crippen molar-refractivity contribution in [1.29, 1.82) is 0 Å². The van der Waals surface area contributed by atoms with E-state index in [1.54, 1.807) is 0 Å². The maximum atomic E-state index is 13.3. The molecular formula is C14H22F2N2. The van der Waals surface area contributed by atoms with Crippen molar-refractivity contribution in [3.05, 3.63) is 35.4 Å². The summed E-state index contributed by atoms with van der Waals surface area (Å²) in [7, 11) is 0. The van der Waals surface area contributed by atoms with Gasteiger partial charge >= 0.3 is 0 Å². The second-order valence-corrected chi connectivity index (χ2v) is 4.35. The van der Waals surface area contributed by atoms with Crippen LogP contribution in [0.5, 0.6) is 0 Å². The molecule has 1 aromatic rings. The molecule has 4 heteroatoms. The standard InChI is InChI=1S/C14H22F2N2/c1-3-8-18(4-2)9-7-17-11-12-5-6-13(15)10-14(12)16/h5-6,10,17H,3-4,7-9,11H2,1-2H3. The highest BCUT2D eigenvalue weighted by molar-refractivity contribution is 5.18. The summed E-state index contributed by atoms with van der Waals surface area (Å²) in [5.74, 6) is -1.01. The number of nitrogens with one attached hydrogen (secondary N) is 1. The number of hydrogen-bond acceptors (Lipinski definition) is 2. The first-order valence-corrected chi connectivity index (χ1v) is 6.54. The first-order chi connectivity index (χ1) is 8.67. The Labute approximate surface area is 108 Å². The van der Waals surface area contributed by atoms with Crippen molar-refractivity contribution in [2.45, 2.75) is 26.8 Å². The maximum Gasteiger partial charge on any atom is 0.130 e. The van der Waals surface area contributed by atoms with Crippen molar-refractivity contribution < 1.29 is 8.78 Å². The van der Waals surface area contributed by atoms with Gasteiger partial charge in [0.2, 0.25) is 0 Å². The number of hydrogen-bond donors (Lipinski definition) is 1. The Hall–Kier alpha value is -1.00. The Balaban J connectivity index is 2.29. The lowest BCUT2D eigenvalue weighted by atomic mass is 10.2. The van der Waals surface area contributed by atoms with Gasteiger partial charge in [-0.25, -0.2) is 8.78 Å². The highest BCUT2D eigenvalue weighted by atomic mass is 19.1. The smallest absolute Gasteiger partial charge is 0.130 e. The van der Waals surface area contributed by atoms with Crippen LogP contribution in [0.1, 0.15) is 25.8 Å². The van der Waals surface area contributed by atoms with Gasteiger partial charge in [-0.2, -0.15) is 0 Å². The SMILES string of the molecule is CCCN(CC)CCNCc1ccc(F)cc1F. The molecule has 0 bridgehead atoms. The van der Waals surface area contributed by atoms with E-state index in [1.807, 2.05) is 0 Å². The van der Waals surface area contributed by atoms with Crippen molar-refractivity contribution in [2.75, 3.05) is 26.2 Å². The van der Waals surface area contributed by atoms with Gasteiger partial charge < -0.3 is 10.2 Å². The summed E-state index contributed by atoms with van der Waals surface area (Å²) in [6, 6.07) is 3.70. The molecule has 1 rings (SSSR count). The molecule has 0 atom stereocenters. The molecule has 0 aliphatic rings. The average Bonchev–Trinajstić information content (AvgIpc) is 2.35. The maximum absolute atomic E-state index is 13.3. The quantitative estimate of drug-likeness (QED) is 0.719. The van der Waals surface area contributed by atoms with Crippen LogP contribution < -0.4 is 5.32 Å². The largest absolute Gasteiger partial charge is 0.311 e. The summed E-state index contributed by atoms with van der Waals surface area (Å²) in [4.78, 5) is 2.34. The van der Waals surface area contributed by atoms with E-state index in [-0.39, 0.29) is 0 Å². The van der Waals surface area contributed by atoms with E-state index in [4.69, 9.17) is 0 Å². The summed E-state index contributed by atoms with van der Waals surface area (Å²) in [5, 5.41) is 3.18. The van der Waals surface area contributed by atoms with Crippen molar-refractivity contribution in [3.63, 3.8) is 0 Å². The molecule has 0 saturated heterocycles. The second-order valence-electron chi connectivity index (χ2n) is 4.35. The molecule has 0 saturated carbocycles. The number of benzene rings is 1. The molecule has 2 nitrogen and oxygen atoms in total. The third-order valence-corrected chi connectivity index (χ3v) is 2.92. The van der Waals surface area contributed by atoms with E-state index in [0.717, 1.165) is 38.7 Å². The summed E-state index contributed by atoms with van der Waals surface area (Å²) in [6.45, 7) is 8.61.